The zero-order valence-corrected chi connectivity index (χ0v) is 15.4. The van der Waals surface area contributed by atoms with Gasteiger partial charge in [0.1, 0.15) is 0 Å². The van der Waals surface area contributed by atoms with Crippen LogP contribution in [0.3, 0.4) is 0 Å². The van der Waals surface area contributed by atoms with Crippen LogP contribution in [0.4, 0.5) is 0 Å². The number of aromatic nitrogens is 5. The second-order valence-corrected chi connectivity index (χ2v) is 6.78. The molecule has 1 aromatic carbocycles. The van der Waals surface area contributed by atoms with Crippen LogP contribution in [0.15, 0.2) is 55.2 Å². The first-order valence-electron chi connectivity index (χ1n) is 8.75. The van der Waals surface area contributed by atoms with Crippen molar-refractivity contribution in [3.8, 4) is 22.3 Å². The molecule has 1 N–H and O–H groups in total. The molecule has 0 unspecified atom stereocenters. The number of hydrogen-bond donors (Lipinski definition) is 1. The number of hydrogen-bond acceptors (Lipinski definition) is 4. The number of nitrogens with zero attached hydrogens (tertiary/aromatic N) is 5. The first kappa shape index (κ1) is 17.0. The molecular formula is C20H20N6O. The van der Waals surface area contributed by atoms with Crippen molar-refractivity contribution in [2.24, 2.45) is 7.05 Å². The smallest absolute Gasteiger partial charge is 0.251 e. The highest BCUT2D eigenvalue weighted by atomic mass is 16.1. The Morgan fingerprint density at radius 1 is 1.04 bits per heavy atom. The van der Waals surface area contributed by atoms with Crippen molar-refractivity contribution in [3.05, 3.63) is 60.8 Å². The van der Waals surface area contributed by atoms with Crippen LogP contribution in [0.1, 0.15) is 24.2 Å². The minimum atomic E-state index is -0.0878. The van der Waals surface area contributed by atoms with Gasteiger partial charge in [0.2, 0.25) is 0 Å². The molecular weight excluding hydrogens is 340 g/mol. The number of fused-ring (bicyclic) bond motifs is 1. The number of aryl methyl sites for hydroxylation is 1. The molecule has 0 bridgehead atoms. The number of benzene rings is 1. The zero-order chi connectivity index (χ0) is 19.0. The van der Waals surface area contributed by atoms with Crippen molar-refractivity contribution in [1.29, 1.82) is 0 Å². The van der Waals surface area contributed by atoms with Crippen LogP contribution in [0, 0.1) is 0 Å². The van der Waals surface area contributed by atoms with Gasteiger partial charge in [-0.05, 0) is 31.5 Å². The Hall–Kier alpha value is -3.48. The van der Waals surface area contributed by atoms with Crippen LogP contribution in [-0.4, -0.2) is 36.3 Å². The molecule has 0 radical (unpaired) electrons. The Kier molecular flexibility index (Phi) is 4.19. The summed E-state index contributed by atoms with van der Waals surface area (Å²) in [4.78, 5) is 16.9. The fourth-order valence-electron chi connectivity index (χ4n) is 2.97. The van der Waals surface area contributed by atoms with Gasteiger partial charge in [0.25, 0.3) is 5.91 Å². The summed E-state index contributed by atoms with van der Waals surface area (Å²) in [5.41, 5.74) is 5.07. The van der Waals surface area contributed by atoms with Crippen molar-refractivity contribution < 1.29 is 4.79 Å². The highest BCUT2D eigenvalue weighted by Gasteiger charge is 2.13. The Morgan fingerprint density at radius 2 is 1.85 bits per heavy atom. The molecule has 27 heavy (non-hydrogen) atoms. The summed E-state index contributed by atoms with van der Waals surface area (Å²) in [5.74, 6) is -0.0878. The van der Waals surface area contributed by atoms with Gasteiger partial charge >= 0.3 is 0 Å². The van der Waals surface area contributed by atoms with Crippen LogP contribution < -0.4 is 5.32 Å². The highest BCUT2D eigenvalue weighted by Crippen LogP contribution is 2.26. The van der Waals surface area contributed by atoms with E-state index in [1.165, 1.54) is 0 Å². The van der Waals surface area contributed by atoms with Gasteiger partial charge in [0, 0.05) is 53.9 Å². The number of carbonyl (C=O) groups is 1. The SMILES string of the molecule is CC(C)NC(=O)c1cccc(-c2cnn3cc(-c4cnn(C)c4)cnc23)c1. The Balaban J connectivity index is 1.71. The van der Waals surface area contributed by atoms with Gasteiger partial charge in [0.05, 0.1) is 12.4 Å². The van der Waals surface area contributed by atoms with Gasteiger partial charge < -0.3 is 5.32 Å². The average molecular weight is 360 g/mol. The molecule has 0 spiro atoms. The van der Waals surface area contributed by atoms with Gasteiger partial charge in [-0.25, -0.2) is 9.50 Å². The molecule has 7 nitrogen and oxygen atoms in total. The van der Waals surface area contributed by atoms with Gasteiger partial charge in [-0.3, -0.25) is 9.48 Å². The Labute approximate surface area is 156 Å². The maximum Gasteiger partial charge on any atom is 0.251 e. The third-order valence-corrected chi connectivity index (χ3v) is 4.25. The van der Waals surface area contributed by atoms with Crippen molar-refractivity contribution in [2.45, 2.75) is 19.9 Å². The summed E-state index contributed by atoms with van der Waals surface area (Å²) in [6.07, 6.45) is 9.24. The molecule has 4 rings (SSSR count). The van der Waals surface area contributed by atoms with Crippen LogP contribution in [-0.2, 0) is 7.05 Å². The van der Waals surface area contributed by atoms with E-state index in [2.05, 4.69) is 20.5 Å². The van der Waals surface area contributed by atoms with Crippen molar-refractivity contribution in [2.75, 3.05) is 0 Å². The third-order valence-electron chi connectivity index (χ3n) is 4.25. The monoisotopic (exact) mass is 360 g/mol. The summed E-state index contributed by atoms with van der Waals surface area (Å²) >= 11 is 0. The van der Waals surface area contributed by atoms with Gasteiger partial charge in [-0.15, -0.1) is 0 Å². The summed E-state index contributed by atoms with van der Waals surface area (Å²) in [6, 6.07) is 7.59. The van der Waals surface area contributed by atoms with E-state index in [-0.39, 0.29) is 11.9 Å². The van der Waals surface area contributed by atoms with Crippen molar-refractivity contribution >= 4 is 11.6 Å². The minimum absolute atomic E-state index is 0.0878. The van der Waals surface area contributed by atoms with Crippen LogP contribution >= 0.6 is 0 Å². The van der Waals surface area contributed by atoms with E-state index in [4.69, 9.17) is 0 Å². The lowest BCUT2D eigenvalue weighted by Gasteiger charge is -2.09. The van der Waals surface area contributed by atoms with Crippen LogP contribution in [0.5, 0.6) is 0 Å². The standard InChI is InChI=1S/C20H20N6O/c1-13(2)24-20(27)15-6-4-5-14(7-15)18-10-23-26-12-16(8-21-19(18)26)17-9-22-25(3)11-17/h4-13H,1-3H3,(H,24,27). The van der Waals surface area contributed by atoms with Gasteiger partial charge in [0.15, 0.2) is 5.65 Å². The predicted octanol–water partition coefficient (Wildman–Crippen LogP) is 2.94. The zero-order valence-electron chi connectivity index (χ0n) is 15.4. The molecule has 136 valence electrons. The number of nitrogens with one attached hydrogen (secondary N) is 1. The van der Waals surface area contributed by atoms with Crippen LogP contribution in [0.2, 0.25) is 0 Å². The summed E-state index contributed by atoms with van der Waals surface area (Å²) in [6.45, 7) is 3.88. The van der Waals surface area contributed by atoms with E-state index in [1.807, 2.05) is 57.7 Å². The third kappa shape index (κ3) is 3.31. The molecule has 3 aromatic heterocycles. The van der Waals surface area contributed by atoms with Crippen LogP contribution in [0.25, 0.3) is 27.9 Å². The molecule has 3 heterocycles. The highest BCUT2D eigenvalue weighted by molar-refractivity contribution is 5.96. The Morgan fingerprint density at radius 3 is 2.59 bits per heavy atom. The molecule has 0 atom stereocenters. The number of amides is 1. The van der Waals surface area contributed by atoms with E-state index in [1.54, 1.807) is 27.7 Å². The lowest BCUT2D eigenvalue weighted by molar-refractivity contribution is 0.0943. The maximum atomic E-state index is 12.3. The van der Waals surface area contributed by atoms with Crippen molar-refractivity contribution in [1.82, 2.24) is 29.7 Å². The summed E-state index contributed by atoms with van der Waals surface area (Å²) in [7, 11) is 1.88. The fourth-order valence-corrected chi connectivity index (χ4v) is 2.97. The summed E-state index contributed by atoms with van der Waals surface area (Å²) < 4.78 is 3.50. The first-order chi connectivity index (χ1) is 13.0. The van der Waals surface area contributed by atoms with E-state index in [9.17, 15) is 4.79 Å². The quantitative estimate of drug-likeness (QED) is 0.607. The lowest BCUT2D eigenvalue weighted by atomic mass is 10.0. The molecule has 0 aliphatic carbocycles. The molecule has 7 heteroatoms. The number of rotatable bonds is 4. The second kappa shape index (κ2) is 6.68. The van der Waals surface area contributed by atoms with E-state index in [0.29, 0.717) is 5.56 Å². The Bertz CT molecular complexity index is 1120. The predicted molar refractivity (Wildman–Crippen MR) is 103 cm³/mol. The molecule has 1 amide bonds. The lowest BCUT2D eigenvalue weighted by Crippen LogP contribution is -2.30. The average Bonchev–Trinajstić information content (AvgIpc) is 3.27. The van der Waals surface area contributed by atoms with Gasteiger partial charge in [-0.2, -0.15) is 10.2 Å². The molecule has 4 aromatic rings. The molecule has 0 aliphatic heterocycles. The fraction of sp³-hybridized carbons (Fsp3) is 0.200. The summed E-state index contributed by atoms with van der Waals surface area (Å²) in [5, 5.41) is 11.5. The normalized spacial score (nSPS) is 11.3. The van der Waals surface area contributed by atoms with Gasteiger partial charge in [-0.1, -0.05) is 12.1 Å². The van der Waals surface area contributed by atoms with Crippen molar-refractivity contribution in [3.63, 3.8) is 0 Å². The first-order valence-corrected chi connectivity index (χ1v) is 8.75. The van der Waals surface area contributed by atoms with E-state index >= 15 is 0 Å². The maximum absolute atomic E-state index is 12.3. The minimum Gasteiger partial charge on any atom is -0.350 e. The molecule has 0 aliphatic rings. The topological polar surface area (TPSA) is 77.1 Å². The molecule has 0 saturated heterocycles. The molecule has 0 fully saturated rings. The second-order valence-electron chi connectivity index (χ2n) is 6.78. The number of carbonyl (C=O) groups excluding carboxylic acids is 1. The van der Waals surface area contributed by atoms with E-state index < -0.39 is 0 Å². The molecule has 0 saturated carbocycles. The largest absolute Gasteiger partial charge is 0.350 e. The van der Waals surface area contributed by atoms with E-state index in [0.717, 1.165) is 27.9 Å².